The second-order valence-corrected chi connectivity index (χ2v) is 8.75. The Morgan fingerprint density at radius 2 is 1.37 bits per heavy atom. The van der Waals surface area contributed by atoms with Gasteiger partial charge >= 0.3 is 0 Å². The molecule has 0 saturated carbocycles. The van der Waals surface area contributed by atoms with Crippen LogP contribution in [0.3, 0.4) is 0 Å². The maximum Gasteiger partial charge on any atom is 0.222 e. The average molecular weight is 424 g/mol. The molecule has 174 valence electrons. The highest BCUT2D eigenvalue weighted by atomic mass is 16.2. The van der Waals surface area contributed by atoms with Crippen molar-refractivity contribution in [3.63, 3.8) is 0 Å². The molecule has 6 heteroatoms. The molecule has 0 bridgehead atoms. The third-order valence-corrected chi connectivity index (χ3v) is 5.93. The van der Waals surface area contributed by atoms with Crippen LogP contribution in [0.25, 0.3) is 0 Å². The Labute approximate surface area is 183 Å². The Kier molecular flexibility index (Phi) is 16.0. The molecule has 0 aromatic rings. The van der Waals surface area contributed by atoms with Crippen molar-refractivity contribution in [1.29, 1.82) is 0 Å². The third kappa shape index (κ3) is 15.3. The van der Waals surface area contributed by atoms with Crippen LogP contribution in [0, 0.1) is 0 Å². The van der Waals surface area contributed by atoms with Gasteiger partial charge in [0.2, 0.25) is 17.7 Å². The second-order valence-electron chi connectivity index (χ2n) is 8.75. The molecule has 0 aliphatic carbocycles. The van der Waals surface area contributed by atoms with E-state index in [1.807, 2.05) is 0 Å². The van der Waals surface area contributed by atoms with Gasteiger partial charge in [0.15, 0.2) is 0 Å². The number of hydrogen-bond donors (Lipinski definition) is 2. The number of unbranched alkanes of at least 4 members (excludes halogenated alkanes) is 8. The molecule has 1 fully saturated rings. The molecule has 0 radical (unpaired) electrons. The van der Waals surface area contributed by atoms with Crippen molar-refractivity contribution in [2.75, 3.05) is 19.6 Å². The van der Waals surface area contributed by atoms with Crippen LogP contribution in [-0.4, -0.2) is 42.3 Å². The maximum absolute atomic E-state index is 12.6. The number of carbonyl (C=O) groups excluding carboxylic acids is 3. The minimum Gasteiger partial charge on any atom is -0.370 e. The Bertz CT molecular complexity index is 482. The highest BCUT2D eigenvalue weighted by Crippen LogP contribution is 2.13. The minimum atomic E-state index is -0.191. The quantitative estimate of drug-likeness (QED) is 0.454. The largest absolute Gasteiger partial charge is 0.370 e. The van der Waals surface area contributed by atoms with Crippen LogP contribution >= 0.6 is 0 Å². The summed E-state index contributed by atoms with van der Waals surface area (Å²) in [5.74, 6) is 0.203. The molecule has 0 aromatic heterocycles. The normalized spacial score (nSPS) is 17.4. The molecule has 0 aromatic carbocycles. The molecular weight excluding hydrogens is 378 g/mol. The summed E-state index contributed by atoms with van der Waals surface area (Å²) < 4.78 is 0. The van der Waals surface area contributed by atoms with Crippen molar-refractivity contribution >= 4 is 17.7 Å². The predicted octanol–water partition coefficient (Wildman–Crippen LogP) is 4.45. The van der Waals surface area contributed by atoms with E-state index in [4.69, 9.17) is 5.73 Å². The van der Waals surface area contributed by atoms with Crippen molar-refractivity contribution < 1.29 is 14.4 Å². The standard InChI is InChI=1S/C24H45N3O3/c25-22(28)16-10-6-4-2-1-3-5-8-14-20-27-21-15-9-7-13-19-26-23(29)17-11-12-18-24(27)30/h1-21H2,(H2,25,28)(H,26,29). The number of rotatable bonds is 12. The van der Waals surface area contributed by atoms with Crippen molar-refractivity contribution in [2.45, 2.75) is 116 Å². The summed E-state index contributed by atoms with van der Waals surface area (Å²) in [4.78, 5) is 37.1. The number of primary amides is 1. The lowest BCUT2D eigenvalue weighted by molar-refractivity contribution is -0.131. The number of carbonyl (C=O) groups is 3. The number of nitrogens with two attached hydrogens (primary N) is 1. The van der Waals surface area contributed by atoms with Gasteiger partial charge in [-0.3, -0.25) is 14.4 Å². The zero-order chi connectivity index (χ0) is 21.9. The molecule has 30 heavy (non-hydrogen) atoms. The highest BCUT2D eigenvalue weighted by molar-refractivity contribution is 5.77. The minimum absolute atomic E-state index is 0.127. The molecule has 0 spiro atoms. The van der Waals surface area contributed by atoms with Gasteiger partial charge in [-0.2, -0.15) is 0 Å². The van der Waals surface area contributed by atoms with Crippen molar-refractivity contribution in [3.8, 4) is 0 Å². The van der Waals surface area contributed by atoms with Crippen LogP contribution in [0.1, 0.15) is 116 Å². The van der Waals surface area contributed by atoms with E-state index in [-0.39, 0.29) is 17.7 Å². The zero-order valence-electron chi connectivity index (χ0n) is 19.1. The van der Waals surface area contributed by atoms with Gasteiger partial charge in [-0.15, -0.1) is 0 Å². The van der Waals surface area contributed by atoms with E-state index in [1.54, 1.807) is 0 Å². The number of nitrogens with zero attached hydrogens (tertiary/aromatic N) is 1. The molecule has 1 saturated heterocycles. The third-order valence-electron chi connectivity index (χ3n) is 5.93. The maximum atomic E-state index is 12.6. The molecule has 3 amide bonds. The van der Waals surface area contributed by atoms with E-state index in [9.17, 15) is 14.4 Å². The van der Waals surface area contributed by atoms with Gasteiger partial charge in [0.1, 0.15) is 0 Å². The van der Waals surface area contributed by atoms with Crippen LogP contribution in [0.2, 0.25) is 0 Å². The van der Waals surface area contributed by atoms with Crippen molar-refractivity contribution in [1.82, 2.24) is 10.2 Å². The first-order valence-electron chi connectivity index (χ1n) is 12.4. The van der Waals surface area contributed by atoms with Crippen molar-refractivity contribution in [3.05, 3.63) is 0 Å². The summed E-state index contributed by atoms with van der Waals surface area (Å²) in [6, 6.07) is 0. The fraction of sp³-hybridized carbons (Fsp3) is 0.875. The Hall–Kier alpha value is -1.59. The number of amides is 3. The molecule has 6 nitrogen and oxygen atoms in total. The first kappa shape index (κ1) is 26.4. The van der Waals surface area contributed by atoms with E-state index >= 15 is 0 Å². The smallest absolute Gasteiger partial charge is 0.222 e. The van der Waals surface area contributed by atoms with E-state index in [0.717, 1.165) is 77.4 Å². The SMILES string of the molecule is NC(=O)CCCCCCCCCCCN1CCCCCCNC(=O)CCCCC1=O. The molecule has 1 heterocycles. The van der Waals surface area contributed by atoms with Crippen LogP contribution in [-0.2, 0) is 14.4 Å². The molecule has 0 unspecified atom stereocenters. The molecule has 1 aliphatic heterocycles. The molecule has 0 atom stereocenters. The molecule has 1 aliphatic rings. The lowest BCUT2D eigenvalue weighted by Gasteiger charge is -2.23. The van der Waals surface area contributed by atoms with E-state index in [0.29, 0.717) is 19.3 Å². The Morgan fingerprint density at radius 1 is 0.767 bits per heavy atom. The van der Waals surface area contributed by atoms with Gasteiger partial charge in [0.05, 0.1) is 0 Å². The Balaban J connectivity index is 2.13. The highest BCUT2D eigenvalue weighted by Gasteiger charge is 2.13. The van der Waals surface area contributed by atoms with Gasteiger partial charge in [0.25, 0.3) is 0 Å². The van der Waals surface area contributed by atoms with Gasteiger partial charge in [-0.05, 0) is 38.5 Å². The summed E-state index contributed by atoms with van der Waals surface area (Å²) in [6.45, 7) is 2.55. The van der Waals surface area contributed by atoms with Gasteiger partial charge in [0, 0.05) is 38.9 Å². The number of hydrogen-bond acceptors (Lipinski definition) is 3. The zero-order valence-corrected chi connectivity index (χ0v) is 19.1. The van der Waals surface area contributed by atoms with Gasteiger partial charge < -0.3 is 16.0 Å². The molecule has 1 rings (SSSR count). The predicted molar refractivity (Wildman–Crippen MR) is 122 cm³/mol. The average Bonchev–Trinajstić information content (AvgIpc) is 2.71. The fourth-order valence-electron chi connectivity index (χ4n) is 4.02. The van der Waals surface area contributed by atoms with Gasteiger partial charge in [-0.25, -0.2) is 0 Å². The Morgan fingerprint density at radius 3 is 2.07 bits per heavy atom. The van der Waals surface area contributed by atoms with Crippen LogP contribution in [0.5, 0.6) is 0 Å². The van der Waals surface area contributed by atoms with E-state index in [2.05, 4.69) is 10.2 Å². The van der Waals surface area contributed by atoms with Crippen LogP contribution in [0.15, 0.2) is 0 Å². The lowest BCUT2D eigenvalue weighted by Crippen LogP contribution is -2.33. The van der Waals surface area contributed by atoms with E-state index < -0.39 is 0 Å². The van der Waals surface area contributed by atoms with Gasteiger partial charge in [-0.1, -0.05) is 57.8 Å². The molecule has 3 N–H and O–H groups in total. The second kappa shape index (κ2) is 18.2. The topological polar surface area (TPSA) is 92.5 Å². The summed E-state index contributed by atoms with van der Waals surface area (Å²) >= 11 is 0. The van der Waals surface area contributed by atoms with E-state index in [1.165, 1.54) is 38.5 Å². The summed E-state index contributed by atoms with van der Waals surface area (Å²) in [6.07, 6.45) is 18.1. The first-order chi connectivity index (χ1) is 14.6. The lowest BCUT2D eigenvalue weighted by atomic mass is 10.1. The fourth-order valence-corrected chi connectivity index (χ4v) is 4.02. The summed E-state index contributed by atoms with van der Waals surface area (Å²) in [5, 5.41) is 2.97. The first-order valence-corrected chi connectivity index (χ1v) is 12.4. The summed E-state index contributed by atoms with van der Waals surface area (Å²) in [7, 11) is 0. The van der Waals surface area contributed by atoms with Crippen LogP contribution in [0.4, 0.5) is 0 Å². The monoisotopic (exact) mass is 423 g/mol. The molecular formula is C24H45N3O3. The van der Waals surface area contributed by atoms with Crippen LogP contribution < -0.4 is 11.1 Å². The van der Waals surface area contributed by atoms with Crippen molar-refractivity contribution in [2.24, 2.45) is 5.73 Å². The summed E-state index contributed by atoms with van der Waals surface area (Å²) in [5.41, 5.74) is 5.15. The number of nitrogens with one attached hydrogen (secondary N) is 1.